The van der Waals surface area contributed by atoms with Crippen molar-refractivity contribution in [1.29, 1.82) is 0 Å². The minimum Gasteiger partial charge on any atom is -0.462 e. The Morgan fingerprint density at radius 3 is 2.09 bits per heavy atom. The molecule has 6 heteroatoms. The summed E-state index contributed by atoms with van der Waals surface area (Å²) < 4.78 is 10.2. The quantitative estimate of drug-likeness (QED) is 0.559. The fourth-order valence-electron chi connectivity index (χ4n) is 1.05. The average molecular weight is 322 g/mol. The van der Waals surface area contributed by atoms with Crippen LogP contribution < -0.4 is 11.1 Å². The molecule has 0 saturated heterocycles. The van der Waals surface area contributed by atoms with E-state index in [1.807, 2.05) is 27.7 Å². The second kappa shape index (κ2) is 18.4. The van der Waals surface area contributed by atoms with Crippen molar-refractivity contribution in [1.82, 2.24) is 5.32 Å². The molecule has 0 aliphatic carbocycles. The van der Waals surface area contributed by atoms with Gasteiger partial charge < -0.3 is 25.6 Å². The maximum Gasteiger partial charge on any atom is 0.293 e. The van der Waals surface area contributed by atoms with Crippen LogP contribution in [0.2, 0.25) is 0 Å². The van der Waals surface area contributed by atoms with Crippen molar-refractivity contribution in [3.63, 3.8) is 0 Å². The van der Waals surface area contributed by atoms with Gasteiger partial charge in [-0.3, -0.25) is 4.79 Å². The number of hydrogen-bond acceptors (Lipinski definition) is 6. The monoisotopic (exact) mass is 322 g/mol. The number of carbonyl (C=O) groups is 1. The lowest BCUT2D eigenvalue weighted by atomic mass is 10.1. The Labute approximate surface area is 136 Å². The first-order valence-electron chi connectivity index (χ1n) is 7.96. The highest BCUT2D eigenvalue weighted by atomic mass is 16.5. The molecule has 0 bridgehead atoms. The highest BCUT2D eigenvalue weighted by Gasteiger charge is 2.18. The van der Waals surface area contributed by atoms with Crippen molar-refractivity contribution < 1.29 is 19.4 Å². The predicted octanol–water partition coefficient (Wildman–Crippen LogP) is 1.69. The molecule has 0 aliphatic heterocycles. The van der Waals surface area contributed by atoms with Crippen molar-refractivity contribution in [2.45, 2.75) is 72.2 Å². The molecule has 0 aromatic rings. The van der Waals surface area contributed by atoms with Gasteiger partial charge in [0.1, 0.15) is 5.60 Å². The number of likely N-dealkylation sites (N-methyl/N-ethyl adjacent to an activating group) is 1. The molecule has 0 heterocycles. The summed E-state index contributed by atoms with van der Waals surface area (Å²) in [5, 5.41) is 11.5. The van der Waals surface area contributed by atoms with Crippen LogP contribution in [0.25, 0.3) is 0 Å². The van der Waals surface area contributed by atoms with Crippen LogP contribution in [0.5, 0.6) is 0 Å². The van der Waals surface area contributed by atoms with Crippen LogP contribution in [0.4, 0.5) is 0 Å². The van der Waals surface area contributed by atoms with Gasteiger partial charge >= 0.3 is 0 Å². The highest BCUT2D eigenvalue weighted by Crippen LogP contribution is 2.13. The predicted molar refractivity (Wildman–Crippen MR) is 91.9 cm³/mol. The van der Waals surface area contributed by atoms with Crippen LogP contribution in [0.15, 0.2) is 0 Å². The number of carbonyl (C=O) groups excluding carboxylic acids is 1. The SMILES string of the molecule is CC(C)OCCC(C)(C)OC=O.CCC.CNCC(O)CN. The zero-order valence-corrected chi connectivity index (χ0v) is 15.5. The van der Waals surface area contributed by atoms with Crippen molar-refractivity contribution in [2.75, 3.05) is 26.7 Å². The first kappa shape index (κ1) is 26.2. The fraction of sp³-hybridized carbons (Fsp3) is 0.938. The molecule has 1 atom stereocenters. The molecule has 136 valence electrons. The van der Waals surface area contributed by atoms with Gasteiger partial charge in [0.25, 0.3) is 6.47 Å². The van der Waals surface area contributed by atoms with E-state index < -0.39 is 5.60 Å². The van der Waals surface area contributed by atoms with Gasteiger partial charge in [-0.2, -0.15) is 0 Å². The zero-order chi connectivity index (χ0) is 18.0. The normalized spacial score (nSPS) is 11.7. The van der Waals surface area contributed by atoms with Crippen molar-refractivity contribution in [3.05, 3.63) is 0 Å². The van der Waals surface area contributed by atoms with E-state index in [1.165, 1.54) is 6.42 Å². The fourth-order valence-corrected chi connectivity index (χ4v) is 1.05. The smallest absolute Gasteiger partial charge is 0.293 e. The van der Waals surface area contributed by atoms with Gasteiger partial charge in [0, 0.05) is 19.5 Å². The minimum atomic E-state index is -0.406. The number of ether oxygens (including phenoxy) is 2. The first-order valence-corrected chi connectivity index (χ1v) is 7.96. The Hall–Kier alpha value is -0.690. The molecule has 0 aromatic heterocycles. The summed E-state index contributed by atoms with van der Waals surface area (Å²) in [7, 11) is 1.78. The van der Waals surface area contributed by atoms with Crippen LogP contribution in [0, 0.1) is 0 Å². The lowest BCUT2D eigenvalue weighted by Crippen LogP contribution is -2.30. The lowest BCUT2D eigenvalue weighted by Gasteiger charge is -2.22. The summed E-state index contributed by atoms with van der Waals surface area (Å²) in [6, 6.07) is 0. The highest BCUT2D eigenvalue weighted by molar-refractivity contribution is 5.38. The first-order chi connectivity index (χ1) is 10.2. The molecular weight excluding hydrogens is 284 g/mol. The Balaban J connectivity index is -0.000000305. The topological polar surface area (TPSA) is 93.8 Å². The molecule has 0 rings (SSSR count). The standard InChI is InChI=1S/C9H18O3.C4H12N2O.C3H8/c1-8(2)11-6-5-9(3,4)12-7-10;1-6-3-4(7)2-5;1-3-2/h7-8H,5-6H2,1-4H3;4,6-7H,2-3,5H2,1H3;3H2,1-2H3. The summed E-state index contributed by atoms with van der Waals surface area (Å²) in [6.45, 7) is 14.0. The third-order valence-electron chi connectivity index (χ3n) is 2.23. The summed E-state index contributed by atoms with van der Waals surface area (Å²) in [6.07, 6.45) is 1.83. The second-order valence-corrected chi connectivity index (χ2v) is 5.80. The van der Waals surface area contributed by atoms with Crippen molar-refractivity contribution >= 4 is 6.47 Å². The minimum absolute atomic E-state index is 0.233. The van der Waals surface area contributed by atoms with E-state index >= 15 is 0 Å². The molecule has 0 fully saturated rings. The Bertz CT molecular complexity index is 224. The van der Waals surface area contributed by atoms with E-state index in [1.54, 1.807) is 7.05 Å². The van der Waals surface area contributed by atoms with Gasteiger partial charge in [-0.1, -0.05) is 20.3 Å². The summed E-state index contributed by atoms with van der Waals surface area (Å²) in [5.74, 6) is 0. The largest absolute Gasteiger partial charge is 0.462 e. The van der Waals surface area contributed by atoms with Gasteiger partial charge in [-0.25, -0.2) is 0 Å². The number of aliphatic hydroxyl groups excluding tert-OH is 1. The molecule has 6 nitrogen and oxygen atoms in total. The van der Waals surface area contributed by atoms with Crippen LogP contribution in [-0.4, -0.2) is 56.1 Å². The van der Waals surface area contributed by atoms with E-state index in [9.17, 15) is 4.79 Å². The van der Waals surface area contributed by atoms with Crippen LogP contribution in [-0.2, 0) is 14.3 Å². The van der Waals surface area contributed by atoms with Crippen LogP contribution >= 0.6 is 0 Å². The van der Waals surface area contributed by atoms with E-state index in [0.717, 1.165) is 6.42 Å². The zero-order valence-electron chi connectivity index (χ0n) is 15.5. The third kappa shape index (κ3) is 27.6. The molecule has 1 unspecified atom stereocenters. The number of hydrogen-bond donors (Lipinski definition) is 3. The van der Waals surface area contributed by atoms with E-state index in [4.69, 9.17) is 20.3 Å². The average Bonchev–Trinajstić information content (AvgIpc) is 2.39. The van der Waals surface area contributed by atoms with Crippen molar-refractivity contribution in [2.24, 2.45) is 5.73 Å². The van der Waals surface area contributed by atoms with Gasteiger partial charge in [0.05, 0.1) is 18.8 Å². The Morgan fingerprint density at radius 1 is 1.32 bits per heavy atom. The number of aliphatic hydroxyl groups is 1. The summed E-state index contributed by atoms with van der Waals surface area (Å²) >= 11 is 0. The Kier molecular flexibility index (Phi) is 21.9. The van der Waals surface area contributed by atoms with Crippen LogP contribution in [0.3, 0.4) is 0 Å². The molecule has 22 heavy (non-hydrogen) atoms. The summed E-state index contributed by atoms with van der Waals surface area (Å²) in [4.78, 5) is 10.1. The lowest BCUT2D eigenvalue weighted by molar-refractivity contribution is -0.142. The molecule has 0 aliphatic rings. The summed E-state index contributed by atoms with van der Waals surface area (Å²) in [5.41, 5.74) is 4.66. The van der Waals surface area contributed by atoms with Gasteiger partial charge in [-0.15, -0.1) is 0 Å². The third-order valence-corrected chi connectivity index (χ3v) is 2.23. The van der Waals surface area contributed by atoms with E-state index in [-0.39, 0.29) is 12.2 Å². The molecule has 0 saturated carbocycles. The molecule has 0 aromatic carbocycles. The van der Waals surface area contributed by atoms with E-state index in [0.29, 0.717) is 26.2 Å². The maximum atomic E-state index is 10.1. The maximum absolute atomic E-state index is 10.1. The van der Waals surface area contributed by atoms with Crippen LogP contribution in [0.1, 0.15) is 54.4 Å². The van der Waals surface area contributed by atoms with Gasteiger partial charge in [0.15, 0.2) is 0 Å². The van der Waals surface area contributed by atoms with Gasteiger partial charge in [0.2, 0.25) is 0 Å². The second-order valence-electron chi connectivity index (χ2n) is 5.80. The number of rotatable bonds is 9. The molecular formula is C16H38N2O4. The number of nitrogens with two attached hydrogens (primary N) is 1. The molecule has 0 radical (unpaired) electrons. The molecule has 0 spiro atoms. The van der Waals surface area contributed by atoms with Crippen molar-refractivity contribution in [3.8, 4) is 0 Å². The van der Waals surface area contributed by atoms with E-state index in [2.05, 4.69) is 19.2 Å². The molecule has 4 N–H and O–H groups in total. The molecule has 0 amide bonds. The van der Waals surface area contributed by atoms with Gasteiger partial charge in [-0.05, 0) is 34.7 Å². The number of nitrogens with one attached hydrogen (secondary N) is 1. The Morgan fingerprint density at radius 2 is 1.82 bits per heavy atom.